The number of hydrogen-bond donors (Lipinski definition) is 2. The molecule has 3 heterocycles. The number of hydrogen-bond acceptors (Lipinski definition) is 4. The van der Waals surface area contributed by atoms with E-state index in [0.717, 1.165) is 69.9 Å². The molecular weight excluding hydrogens is 514 g/mol. The molecule has 7 heteroatoms. The zero-order valence-electron chi connectivity index (χ0n) is 23.2. The summed E-state index contributed by atoms with van der Waals surface area (Å²) in [6.45, 7) is 8.25. The van der Waals surface area contributed by atoms with Crippen LogP contribution in [0.15, 0.2) is 48.5 Å². The Morgan fingerprint density at radius 1 is 1.07 bits per heavy atom. The van der Waals surface area contributed by atoms with E-state index in [9.17, 15) is 10.1 Å². The molecule has 6 nitrogen and oxygen atoms in total. The number of amides is 1. The lowest BCUT2D eigenvalue weighted by molar-refractivity contribution is 0.102. The van der Waals surface area contributed by atoms with Gasteiger partial charge in [-0.3, -0.25) is 4.79 Å². The van der Waals surface area contributed by atoms with E-state index in [1.807, 2.05) is 42.5 Å². The van der Waals surface area contributed by atoms with E-state index in [1.54, 1.807) is 11.3 Å². The highest BCUT2D eigenvalue weighted by molar-refractivity contribution is 7.15. The summed E-state index contributed by atoms with van der Waals surface area (Å²) in [4.78, 5) is 23.1. The van der Waals surface area contributed by atoms with Gasteiger partial charge in [0.2, 0.25) is 0 Å². The molecule has 0 unspecified atom stereocenters. The summed E-state index contributed by atoms with van der Waals surface area (Å²) in [6.07, 6.45) is 6.05. The van der Waals surface area contributed by atoms with Crippen LogP contribution in [0, 0.1) is 39.0 Å². The van der Waals surface area contributed by atoms with Crippen LogP contribution in [0.3, 0.4) is 0 Å². The molecule has 40 heavy (non-hydrogen) atoms. The summed E-state index contributed by atoms with van der Waals surface area (Å²) in [5.74, 6) is 0.484. The lowest BCUT2D eigenvalue weighted by Crippen LogP contribution is -2.17. The minimum atomic E-state index is -0.0734. The molecule has 0 saturated carbocycles. The molecule has 0 aliphatic heterocycles. The Balaban J connectivity index is 1.43. The van der Waals surface area contributed by atoms with E-state index < -0.39 is 0 Å². The Morgan fingerprint density at radius 2 is 1.82 bits per heavy atom. The highest BCUT2D eigenvalue weighted by atomic mass is 32.1. The number of nitrogens with zero attached hydrogens (tertiary/aromatic N) is 3. The van der Waals surface area contributed by atoms with Gasteiger partial charge in [-0.2, -0.15) is 5.26 Å². The van der Waals surface area contributed by atoms with Gasteiger partial charge in [0.15, 0.2) is 0 Å². The number of aromatic nitrogens is 3. The molecule has 1 aliphatic rings. The van der Waals surface area contributed by atoms with E-state index >= 15 is 0 Å². The molecule has 0 radical (unpaired) electrons. The van der Waals surface area contributed by atoms with Gasteiger partial charge in [-0.05, 0) is 112 Å². The van der Waals surface area contributed by atoms with Gasteiger partial charge in [0, 0.05) is 22.0 Å². The molecule has 3 aromatic heterocycles. The van der Waals surface area contributed by atoms with Crippen LogP contribution in [-0.4, -0.2) is 20.4 Å². The fourth-order valence-corrected chi connectivity index (χ4v) is 7.11. The van der Waals surface area contributed by atoms with Crippen LogP contribution >= 0.6 is 11.3 Å². The quantitative estimate of drug-likeness (QED) is 0.221. The summed E-state index contributed by atoms with van der Waals surface area (Å²) < 4.78 is 2.18. The predicted molar refractivity (Wildman–Crippen MR) is 163 cm³/mol. The maximum Gasteiger partial charge on any atom is 0.258 e. The molecule has 1 amide bonds. The Morgan fingerprint density at radius 3 is 2.60 bits per heavy atom. The van der Waals surface area contributed by atoms with E-state index in [4.69, 9.17) is 4.98 Å². The van der Waals surface area contributed by atoms with Crippen LogP contribution < -0.4 is 5.32 Å². The van der Waals surface area contributed by atoms with Crippen LogP contribution in [0.1, 0.15) is 67.5 Å². The number of carbonyl (C=O) groups is 1. The first-order chi connectivity index (χ1) is 19.3. The van der Waals surface area contributed by atoms with Gasteiger partial charge in [-0.25, -0.2) is 4.98 Å². The molecule has 200 valence electrons. The monoisotopic (exact) mass is 545 g/mol. The number of H-pyrrole nitrogens is 1. The van der Waals surface area contributed by atoms with Crippen molar-refractivity contribution in [1.29, 1.82) is 5.26 Å². The second-order valence-corrected chi connectivity index (χ2v) is 11.7. The Bertz CT molecular complexity index is 1810. The minimum Gasteiger partial charge on any atom is -0.337 e. The third-order valence-corrected chi connectivity index (χ3v) is 9.13. The number of nitrogens with one attached hydrogen (secondary N) is 2. The molecule has 1 aliphatic carbocycles. The number of rotatable bonds is 5. The van der Waals surface area contributed by atoms with Crippen molar-refractivity contribution >= 4 is 45.6 Å². The number of thiophene rings is 1. The highest BCUT2D eigenvalue weighted by Crippen LogP contribution is 2.39. The number of imidazole rings is 1. The number of aryl methyl sites for hydroxylation is 4. The minimum absolute atomic E-state index is 0.0734. The van der Waals surface area contributed by atoms with Crippen molar-refractivity contribution in [3.8, 4) is 11.1 Å². The van der Waals surface area contributed by atoms with Crippen molar-refractivity contribution in [2.75, 3.05) is 5.32 Å². The van der Waals surface area contributed by atoms with Crippen LogP contribution in [0.4, 0.5) is 5.69 Å². The Hall–Kier alpha value is -4.41. The van der Waals surface area contributed by atoms with Gasteiger partial charge in [0.05, 0.1) is 22.2 Å². The first-order valence-electron chi connectivity index (χ1n) is 13.6. The largest absolute Gasteiger partial charge is 0.337 e. The second-order valence-electron chi connectivity index (χ2n) is 10.6. The van der Waals surface area contributed by atoms with Crippen LogP contribution in [0.25, 0.3) is 27.7 Å². The normalized spacial score (nSPS) is 13.3. The fourth-order valence-electron chi connectivity index (χ4n) is 5.61. The van der Waals surface area contributed by atoms with E-state index in [-0.39, 0.29) is 5.91 Å². The topological polar surface area (TPSA) is 86.5 Å². The first kappa shape index (κ1) is 25.8. The van der Waals surface area contributed by atoms with Crippen molar-refractivity contribution < 1.29 is 4.79 Å². The van der Waals surface area contributed by atoms with Crippen LogP contribution in [0.2, 0.25) is 0 Å². The lowest BCUT2D eigenvalue weighted by Gasteiger charge is -2.14. The number of fused-ring (bicyclic) bond motifs is 2. The number of nitriles is 1. The summed E-state index contributed by atoms with van der Waals surface area (Å²) in [5.41, 5.74) is 10.3. The molecule has 2 aromatic carbocycles. The summed E-state index contributed by atoms with van der Waals surface area (Å²) >= 11 is 1.72. The van der Waals surface area contributed by atoms with Crippen LogP contribution in [0.5, 0.6) is 0 Å². The number of anilines is 1. The maximum atomic E-state index is 13.7. The Kier molecular flexibility index (Phi) is 6.65. The Labute approximate surface area is 238 Å². The average Bonchev–Trinajstić information content (AvgIpc) is 3.60. The van der Waals surface area contributed by atoms with Gasteiger partial charge in [0.1, 0.15) is 16.9 Å². The number of benzene rings is 2. The van der Waals surface area contributed by atoms with Crippen molar-refractivity contribution in [2.45, 2.75) is 53.4 Å². The second kappa shape index (κ2) is 10.3. The first-order valence-corrected chi connectivity index (χ1v) is 14.4. The summed E-state index contributed by atoms with van der Waals surface area (Å²) in [5, 5.41) is 14.2. The van der Waals surface area contributed by atoms with Crippen molar-refractivity contribution in [2.24, 2.45) is 0 Å². The molecule has 0 atom stereocenters. The number of para-hydroxylation sites is 1. The van der Waals surface area contributed by atoms with Gasteiger partial charge < -0.3 is 14.9 Å². The maximum absolute atomic E-state index is 13.7. The molecule has 6 rings (SSSR count). The molecule has 5 aromatic rings. The molecule has 0 spiro atoms. The van der Waals surface area contributed by atoms with Gasteiger partial charge in [-0.1, -0.05) is 18.2 Å². The van der Waals surface area contributed by atoms with Crippen molar-refractivity contribution in [1.82, 2.24) is 14.5 Å². The van der Waals surface area contributed by atoms with E-state index in [0.29, 0.717) is 11.4 Å². The fraction of sp³-hybridized carbons (Fsp3) is 0.242. The third kappa shape index (κ3) is 4.55. The van der Waals surface area contributed by atoms with E-state index in [1.165, 1.54) is 21.6 Å². The average molecular weight is 546 g/mol. The third-order valence-electron chi connectivity index (χ3n) is 7.86. The van der Waals surface area contributed by atoms with Crippen molar-refractivity contribution in [3.05, 3.63) is 98.4 Å². The number of allylic oxidation sites excluding steroid dienone is 1. The molecular formula is C33H31N5OS. The van der Waals surface area contributed by atoms with Gasteiger partial charge in [-0.15, -0.1) is 11.3 Å². The zero-order valence-corrected chi connectivity index (χ0v) is 24.0. The molecule has 0 saturated heterocycles. The zero-order chi connectivity index (χ0) is 28.0. The molecule has 0 fully saturated rings. The van der Waals surface area contributed by atoms with Crippen molar-refractivity contribution in [3.63, 3.8) is 0 Å². The summed E-state index contributed by atoms with van der Waals surface area (Å²) in [6, 6.07) is 18.2. The molecule has 2 N–H and O–H groups in total. The SMILES string of the molecule is Cc1cc2nc(/C(C#N)=C\c3cc(C)n(-c4sc5c(c4C(=O)Nc4ccccc4)CCCC5)c3C)[nH]c2cc1C. The van der Waals surface area contributed by atoms with Crippen LogP contribution in [-0.2, 0) is 12.8 Å². The predicted octanol–water partition coefficient (Wildman–Crippen LogP) is 7.84. The van der Waals surface area contributed by atoms with E-state index in [2.05, 4.69) is 60.8 Å². The standard InChI is InChI=1S/C33H31N5OS/c1-19-14-27-28(15-20(19)2)37-31(36-27)24(18-34)17-23-16-21(3)38(22(23)4)33-30(26-12-8-9-13-29(26)40-33)32(39)35-25-10-6-5-7-11-25/h5-7,10-11,14-17H,8-9,12-13H2,1-4H3,(H,35,39)(H,36,37)/b24-17-. The lowest BCUT2D eigenvalue weighted by atomic mass is 9.95. The number of aromatic amines is 1. The highest BCUT2D eigenvalue weighted by Gasteiger charge is 2.28. The molecule has 0 bridgehead atoms. The number of carbonyl (C=O) groups excluding carboxylic acids is 1. The summed E-state index contributed by atoms with van der Waals surface area (Å²) in [7, 11) is 0. The van der Waals surface area contributed by atoms with Gasteiger partial charge >= 0.3 is 0 Å². The smallest absolute Gasteiger partial charge is 0.258 e. The van der Waals surface area contributed by atoms with Gasteiger partial charge in [0.25, 0.3) is 5.91 Å².